The normalized spacial score (nSPS) is 18.8. The van der Waals surface area contributed by atoms with Gasteiger partial charge in [0, 0.05) is 5.92 Å². The number of nitrogens with zero attached hydrogens (tertiary/aromatic N) is 2. The fraction of sp³-hybridized carbons (Fsp3) is 0.706. The van der Waals surface area contributed by atoms with Crippen molar-refractivity contribution in [2.75, 3.05) is 22.6 Å². The van der Waals surface area contributed by atoms with Crippen LogP contribution in [0, 0.1) is 17.3 Å². The molecule has 2 heterocycles. The van der Waals surface area contributed by atoms with E-state index in [0.29, 0.717) is 28.7 Å². The van der Waals surface area contributed by atoms with Crippen molar-refractivity contribution >= 4 is 45.0 Å². The van der Waals surface area contributed by atoms with Gasteiger partial charge < -0.3 is 20.4 Å². The van der Waals surface area contributed by atoms with Crippen molar-refractivity contribution in [1.82, 2.24) is 9.97 Å². The van der Waals surface area contributed by atoms with Crippen molar-refractivity contribution in [3.05, 3.63) is 10.4 Å². The van der Waals surface area contributed by atoms with Crippen molar-refractivity contribution in [2.24, 2.45) is 17.3 Å². The molecule has 0 amide bonds. The van der Waals surface area contributed by atoms with Gasteiger partial charge in [0.1, 0.15) is 21.9 Å². The van der Waals surface area contributed by atoms with Crippen LogP contribution in [0.2, 0.25) is 0 Å². The van der Waals surface area contributed by atoms with Crippen molar-refractivity contribution in [2.45, 2.75) is 53.7 Å². The fourth-order valence-corrected chi connectivity index (χ4v) is 4.56. The van der Waals surface area contributed by atoms with Crippen LogP contribution in [0.3, 0.4) is 0 Å². The van der Waals surface area contributed by atoms with Gasteiger partial charge in [-0.2, -0.15) is 4.98 Å². The predicted molar refractivity (Wildman–Crippen MR) is 115 cm³/mol. The molecule has 0 spiro atoms. The number of fused-ring (bicyclic) bond motifs is 1. The molecule has 2 rings (SSSR count). The molecule has 4 N–H and O–H groups in total. The Bertz CT molecular complexity index is 748. The third-order valence-corrected chi connectivity index (χ3v) is 6.47. The molecule has 1 aliphatic rings. The highest BCUT2D eigenvalue weighted by molar-refractivity contribution is 7.80. The van der Waals surface area contributed by atoms with Crippen LogP contribution >= 0.6 is 12.2 Å². The first-order valence-corrected chi connectivity index (χ1v) is 10.1. The highest BCUT2D eigenvalue weighted by Crippen LogP contribution is 2.42. The largest absolute Gasteiger partial charge is 0.406 e. The Hall–Kier alpha value is -1.45. The van der Waals surface area contributed by atoms with Crippen LogP contribution in [0.4, 0.5) is 17.5 Å². The van der Waals surface area contributed by atoms with Gasteiger partial charge in [0.05, 0.1) is 6.67 Å². The molecule has 1 aromatic rings. The number of nitrogens with two attached hydrogens (primary N) is 1. The zero-order chi connectivity index (χ0) is 19.9. The monoisotopic (exact) mass is 397 g/mol. The van der Waals surface area contributed by atoms with E-state index in [1.54, 1.807) is 0 Å². The molecule has 9 heteroatoms. The second-order valence-electron chi connectivity index (χ2n) is 8.44. The Morgan fingerprint density at radius 3 is 2.58 bits per heavy atom. The number of hydrogen-bond acceptors (Lipinski definition) is 7. The number of nitrogen functional groups attached to an aromatic ring is 1. The van der Waals surface area contributed by atoms with E-state index in [-0.39, 0.29) is 28.8 Å². The number of aromatic nitrogens is 2. The lowest BCUT2D eigenvalue weighted by atomic mass is 9.74. The van der Waals surface area contributed by atoms with Gasteiger partial charge in [-0.1, -0.05) is 39.9 Å². The van der Waals surface area contributed by atoms with Gasteiger partial charge in [-0.3, -0.25) is 9.78 Å². The van der Waals surface area contributed by atoms with Crippen LogP contribution in [0.25, 0.3) is 0 Å². The lowest BCUT2D eigenvalue weighted by Gasteiger charge is -2.46. The van der Waals surface area contributed by atoms with E-state index < -0.39 is 5.72 Å². The van der Waals surface area contributed by atoms with Crippen LogP contribution in [0.1, 0.15) is 48.0 Å². The molecule has 1 aromatic heterocycles. The van der Waals surface area contributed by atoms with Gasteiger partial charge in [0.25, 0.3) is 5.56 Å². The summed E-state index contributed by atoms with van der Waals surface area (Å²) in [6.07, 6.45) is 0.961. The molecule has 146 valence electrons. The van der Waals surface area contributed by atoms with Gasteiger partial charge in [-0.15, -0.1) is 0 Å². The summed E-state index contributed by atoms with van der Waals surface area (Å²) in [7, 11) is 0.543. The number of anilines is 3. The number of nitrogens with one attached hydrogen (secondary N) is 2. The van der Waals surface area contributed by atoms with E-state index in [4.69, 9.17) is 22.4 Å². The first-order valence-electron chi connectivity index (χ1n) is 8.87. The number of rotatable bonds is 6. The molecule has 0 bridgehead atoms. The molecule has 0 saturated carbocycles. The summed E-state index contributed by atoms with van der Waals surface area (Å²) in [5.41, 5.74) is 5.44. The fourth-order valence-electron chi connectivity index (χ4n) is 3.68. The van der Waals surface area contributed by atoms with E-state index in [1.807, 2.05) is 11.8 Å². The van der Waals surface area contributed by atoms with E-state index in [0.717, 1.165) is 11.3 Å². The summed E-state index contributed by atoms with van der Waals surface area (Å²) in [4.78, 5) is 22.0. The molecule has 0 radical (unpaired) electrons. The second-order valence-corrected chi connectivity index (χ2v) is 9.49. The summed E-state index contributed by atoms with van der Waals surface area (Å²) >= 11 is 5.60. The minimum Gasteiger partial charge on any atom is -0.406 e. The lowest BCUT2D eigenvalue weighted by molar-refractivity contribution is 0.0179. The number of aromatic amines is 1. The molecule has 0 aliphatic carbocycles. The van der Waals surface area contributed by atoms with Gasteiger partial charge >= 0.3 is 0 Å². The Labute approximate surface area is 163 Å². The van der Waals surface area contributed by atoms with E-state index in [9.17, 15) is 4.79 Å². The van der Waals surface area contributed by atoms with Crippen LogP contribution in [0.5, 0.6) is 0 Å². The Morgan fingerprint density at radius 1 is 1.46 bits per heavy atom. The Balaban J connectivity index is 2.46. The maximum atomic E-state index is 12.2. The third kappa shape index (κ3) is 3.94. The molecule has 3 unspecified atom stereocenters. The smallest absolute Gasteiger partial charge is 0.277 e. The third-order valence-electron chi connectivity index (χ3n) is 5.34. The summed E-state index contributed by atoms with van der Waals surface area (Å²) in [6, 6.07) is 0. The SMILES string of the molecule is CC(=S)C(CC(C)(C)C)C(C)C(C)(O[SiH3])N1CNc2c1nc(N)[nH]c2=O. The molecule has 1 aliphatic heterocycles. The zero-order valence-electron chi connectivity index (χ0n) is 16.8. The van der Waals surface area contributed by atoms with Crippen LogP contribution < -0.4 is 21.5 Å². The van der Waals surface area contributed by atoms with Crippen LogP contribution in [0.15, 0.2) is 4.79 Å². The average molecular weight is 398 g/mol. The number of H-pyrrole nitrogens is 1. The van der Waals surface area contributed by atoms with Gasteiger partial charge in [0.2, 0.25) is 5.95 Å². The topological polar surface area (TPSA) is 96.3 Å². The molecule has 3 atom stereocenters. The molecule has 26 heavy (non-hydrogen) atoms. The lowest BCUT2D eigenvalue weighted by Crippen LogP contribution is -2.56. The molecule has 0 saturated heterocycles. The van der Waals surface area contributed by atoms with Gasteiger partial charge in [-0.25, -0.2) is 0 Å². The summed E-state index contributed by atoms with van der Waals surface area (Å²) in [5, 5.41) is 3.12. The summed E-state index contributed by atoms with van der Waals surface area (Å²) in [6.45, 7) is 13.3. The van der Waals surface area contributed by atoms with Crippen molar-refractivity contribution in [3.8, 4) is 0 Å². The highest BCUT2D eigenvalue weighted by Gasteiger charge is 2.46. The minimum atomic E-state index is -0.645. The molecule has 7 nitrogen and oxygen atoms in total. The second kappa shape index (κ2) is 7.28. The van der Waals surface area contributed by atoms with Gasteiger partial charge in [0.15, 0.2) is 5.82 Å². The average Bonchev–Trinajstić information content (AvgIpc) is 2.94. The zero-order valence-corrected chi connectivity index (χ0v) is 19.6. The number of thiocarbonyl (C=S) groups is 1. The van der Waals surface area contributed by atoms with Crippen molar-refractivity contribution < 1.29 is 4.43 Å². The van der Waals surface area contributed by atoms with Crippen molar-refractivity contribution in [3.63, 3.8) is 0 Å². The standard InChI is InChI=1S/C17H31N5O2SSi/c1-9(11(10(2)25)7-16(3,4)5)17(6,24-26)22-8-19-12-13(22)20-15(18)21-14(12)23/h9,11,19H,7-8H2,1-6,26H3,(H3,18,20,21,23). The summed E-state index contributed by atoms with van der Waals surface area (Å²) < 4.78 is 6.14. The Morgan fingerprint density at radius 2 is 2.08 bits per heavy atom. The first kappa shape index (κ1) is 20.9. The molecular weight excluding hydrogens is 366 g/mol. The predicted octanol–water partition coefficient (Wildman–Crippen LogP) is 1.63. The van der Waals surface area contributed by atoms with Crippen LogP contribution in [-0.2, 0) is 4.43 Å². The quantitative estimate of drug-likeness (QED) is 0.496. The maximum absolute atomic E-state index is 12.2. The van der Waals surface area contributed by atoms with Crippen molar-refractivity contribution in [1.29, 1.82) is 0 Å². The first-order chi connectivity index (χ1) is 11.9. The summed E-state index contributed by atoms with van der Waals surface area (Å²) in [5.74, 6) is 0.940. The minimum absolute atomic E-state index is 0.100. The molecule has 0 aromatic carbocycles. The van der Waals surface area contributed by atoms with E-state index in [1.165, 1.54) is 0 Å². The van der Waals surface area contributed by atoms with E-state index >= 15 is 0 Å². The highest BCUT2D eigenvalue weighted by atomic mass is 32.1. The Kier molecular flexibility index (Phi) is 5.84. The molecule has 0 fully saturated rings. The van der Waals surface area contributed by atoms with Crippen LogP contribution in [-0.4, -0.2) is 37.7 Å². The maximum Gasteiger partial charge on any atom is 0.277 e. The number of hydrogen-bond donors (Lipinski definition) is 3. The van der Waals surface area contributed by atoms with E-state index in [2.05, 4.69) is 49.9 Å². The van der Waals surface area contributed by atoms with Gasteiger partial charge in [-0.05, 0) is 36.5 Å². The molecular formula is C17H31N5O2SSi.